The fourth-order valence-electron chi connectivity index (χ4n) is 4.04. The molecule has 2 aromatic carbocycles. The Kier molecular flexibility index (Phi) is 6.48. The van der Waals surface area contributed by atoms with E-state index in [1.807, 2.05) is 37.3 Å². The first kappa shape index (κ1) is 22.3. The summed E-state index contributed by atoms with van der Waals surface area (Å²) in [7, 11) is -3.81. The zero-order chi connectivity index (χ0) is 22.7. The summed E-state index contributed by atoms with van der Waals surface area (Å²) in [5.41, 5.74) is 1.48. The fourth-order valence-corrected chi connectivity index (χ4v) is 5.59. The average molecular weight is 458 g/mol. The smallest absolute Gasteiger partial charge is 0.262 e. The second kappa shape index (κ2) is 9.30. The van der Waals surface area contributed by atoms with Gasteiger partial charge in [0.15, 0.2) is 6.61 Å². The van der Waals surface area contributed by atoms with E-state index in [9.17, 15) is 18.0 Å². The highest BCUT2D eigenvalue weighted by Crippen LogP contribution is 2.32. The number of amides is 2. The zero-order valence-electron chi connectivity index (χ0n) is 17.9. The van der Waals surface area contributed by atoms with Crippen molar-refractivity contribution in [2.24, 2.45) is 5.92 Å². The third-order valence-corrected chi connectivity index (χ3v) is 7.79. The van der Waals surface area contributed by atoms with Crippen LogP contribution in [0.3, 0.4) is 0 Å². The molecule has 0 radical (unpaired) electrons. The number of nitrogens with zero attached hydrogens (tertiary/aromatic N) is 1. The van der Waals surface area contributed by atoms with Gasteiger partial charge < -0.3 is 15.4 Å². The molecule has 2 amide bonds. The highest BCUT2D eigenvalue weighted by atomic mass is 32.2. The number of hydrogen-bond acceptors (Lipinski definition) is 5. The molecule has 9 heteroatoms. The number of fused-ring (bicyclic) bond motifs is 1. The predicted octanol–water partition coefficient (Wildman–Crippen LogP) is 2.34. The van der Waals surface area contributed by atoms with E-state index in [0.29, 0.717) is 37.4 Å². The van der Waals surface area contributed by atoms with E-state index >= 15 is 0 Å². The topological polar surface area (TPSA) is 105 Å². The molecule has 8 nitrogen and oxygen atoms in total. The van der Waals surface area contributed by atoms with Crippen molar-refractivity contribution >= 4 is 27.5 Å². The molecule has 2 N–H and O–H groups in total. The van der Waals surface area contributed by atoms with Crippen LogP contribution in [0.25, 0.3) is 0 Å². The second-order valence-electron chi connectivity index (χ2n) is 8.25. The van der Waals surface area contributed by atoms with Gasteiger partial charge in [-0.05, 0) is 42.5 Å². The van der Waals surface area contributed by atoms with Crippen molar-refractivity contribution in [3.05, 3.63) is 54.1 Å². The first-order valence-corrected chi connectivity index (χ1v) is 12.2. The number of piperidine rings is 1. The average Bonchev–Trinajstić information content (AvgIpc) is 2.82. The molecule has 0 saturated carbocycles. The summed E-state index contributed by atoms with van der Waals surface area (Å²) in [5, 5.41) is 5.62. The molecule has 1 saturated heterocycles. The van der Waals surface area contributed by atoms with E-state index in [4.69, 9.17) is 4.74 Å². The maximum absolute atomic E-state index is 13.2. The number of sulfonamides is 1. The molecule has 0 aromatic heterocycles. The van der Waals surface area contributed by atoms with Crippen molar-refractivity contribution in [3.63, 3.8) is 0 Å². The van der Waals surface area contributed by atoms with Crippen LogP contribution in [-0.4, -0.2) is 50.8 Å². The molecule has 2 aliphatic rings. The van der Waals surface area contributed by atoms with Crippen molar-refractivity contribution in [3.8, 4) is 5.75 Å². The molecular formula is C23H27N3O5S. The van der Waals surface area contributed by atoms with Gasteiger partial charge in [0.05, 0.1) is 16.5 Å². The lowest BCUT2D eigenvalue weighted by Gasteiger charge is -2.31. The lowest BCUT2D eigenvalue weighted by atomic mass is 9.97. The molecule has 2 heterocycles. The highest BCUT2D eigenvalue weighted by molar-refractivity contribution is 7.89. The molecule has 4 rings (SSSR count). The Labute approximate surface area is 188 Å². The number of rotatable bonds is 6. The molecule has 0 unspecified atom stereocenters. The predicted molar refractivity (Wildman–Crippen MR) is 120 cm³/mol. The van der Waals surface area contributed by atoms with Gasteiger partial charge in [-0.25, -0.2) is 8.42 Å². The van der Waals surface area contributed by atoms with Crippen LogP contribution in [-0.2, 0) is 19.6 Å². The number of carbonyl (C=O) groups excluding carboxylic acids is 2. The highest BCUT2D eigenvalue weighted by Gasteiger charge is 2.34. The Bertz CT molecular complexity index is 1100. The number of anilines is 1. The fraction of sp³-hybridized carbons (Fsp3) is 0.391. The largest absolute Gasteiger partial charge is 0.482 e. The molecule has 1 fully saturated rings. The molecule has 2 atom stereocenters. The summed E-state index contributed by atoms with van der Waals surface area (Å²) >= 11 is 0. The third-order valence-electron chi connectivity index (χ3n) is 5.93. The van der Waals surface area contributed by atoms with Crippen LogP contribution in [0.2, 0.25) is 0 Å². The zero-order valence-corrected chi connectivity index (χ0v) is 18.7. The van der Waals surface area contributed by atoms with Gasteiger partial charge in [0.25, 0.3) is 5.91 Å². The van der Waals surface area contributed by atoms with Gasteiger partial charge >= 0.3 is 0 Å². The number of carbonyl (C=O) groups is 2. The minimum Gasteiger partial charge on any atom is -0.482 e. The maximum atomic E-state index is 13.2. The molecular weight excluding hydrogens is 430 g/mol. The molecule has 32 heavy (non-hydrogen) atoms. The van der Waals surface area contributed by atoms with Crippen molar-refractivity contribution in [2.45, 2.75) is 30.6 Å². The van der Waals surface area contributed by atoms with Gasteiger partial charge in [-0.2, -0.15) is 4.31 Å². The summed E-state index contributed by atoms with van der Waals surface area (Å²) in [6.07, 6.45) is 1.25. The van der Waals surface area contributed by atoms with Crippen LogP contribution in [0.15, 0.2) is 53.4 Å². The Balaban J connectivity index is 1.41. The standard InChI is InChI=1S/C23H27N3O5S/c1-16(17-6-3-2-4-7-17)13-24-23(28)18-8-5-11-26(14-18)32(29,30)19-9-10-21-20(12-19)25-22(27)15-31-21/h2-4,6-7,9-10,12,16,18H,5,8,11,13-15H2,1H3,(H,24,28)(H,25,27)/t16-,18-/m1/s1. The van der Waals surface area contributed by atoms with E-state index in [1.165, 1.54) is 16.4 Å². The third kappa shape index (κ3) is 4.78. The van der Waals surface area contributed by atoms with Crippen LogP contribution in [0.1, 0.15) is 31.2 Å². The van der Waals surface area contributed by atoms with Gasteiger partial charge in [-0.1, -0.05) is 37.3 Å². The van der Waals surface area contributed by atoms with Gasteiger partial charge in [-0.15, -0.1) is 0 Å². The Morgan fingerprint density at radius 3 is 2.81 bits per heavy atom. The van der Waals surface area contributed by atoms with Crippen molar-refractivity contribution in [1.82, 2.24) is 9.62 Å². The second-order valence-corrected chi connectivity index (χ2v) is 10.2. The summed E-state index contributed by atoms with van der Waals surface area (Å²) in [6.45, 7) is 2.94. The maximum Gasteiger partial charge on any atom is 0.262 e. The van der Waals surface area contributed by atoms with Crippen LogP contribution in [0.4, 0.5) is 5.69 Å². The first-order chi connectivity index (χ1) is 15.3. The summed E-state index contributed by atoms with van der Waals surface area (Å²) in [6, 6.07) is 14.4. The van der Waals surface area contributed by atoms with Crippen LogP contribution >= 0.6 is 0 Å². The minimum absolute atomic E-state index is 0.0702. The Morgan fingerprint density at radius 1 is 1.25 bits per heavy atom. The normalized spacial score (nSPS) is 19.9. The summed E-state index contributed by atoms with van der Waals surface area (Å²) in [5.74, 6) is -0.254. The number of nitrogens with one attached hydrogen (secondary N) is 2. The van der Waals surface area contributed by atoms with Crippen LogP contribution in [0, 0.1) is 5.92 Å². The van der Waals surface area contributed by atoms with Gasteiger partial charge in [0.1, 0.15) is 5.75 Å². The lowest BCUT2D eigenvalue weighted by Crippen LogP contribution is -2.45. The first-order valence-electron chi connectivity index (χ1n) is 10.7. The van der Waals surface area contributed by atoms with E-state index < -0.39 is 15.9 Å². The van der Waals surface area contributed by atoms with Crippen LogP contribution < -0.4 is 15.4 Å². The van der Waals surface area contributed by atoms with E-state index in [0.717, 1.165) is 5.56 Å². The van der Waals surface area contributed by atoms with Gasteiger partial charge in [0.2, 0.25) is 15.9 Å². The molecule has 2 aromatic rings. The quantitative estimate of drug-likeness (QED) is 0.693. The molecule has 170 valence electrons. The molecule has 0 spiro atoms. The van der Waals surface area contributed by atoms with Crippen molar-refractivity contribution < 1.29 is 22.7 Å². The summed E-state index contributed by atoms with van der Waals surface area (Å²) < 4.78 is 33.1. The number of ether oxygens (including phenoxy) is 1. The molecule has 0 bridgehead atoms. The van der Waals surface area contributed by atoms with Crippen LogP contribution in [0.5, 0.6) is 5.75 Å². The monoisotopic (exact) mass is 457 g/mol. The van der Waals surface area contributed by atoms with Crippen molar-refractivity contribution in [2.75, 3.05) is 31.6 Å². The molecule has 0 aliphatic carbocycles. The van der Waals surface area contributed by atoms with Gasteiger partial charge in [-0.3, -0.25) is 9.59 Å². The van der Waals surface area contributed by atoms with E-state index in [-0.39, 0.29) is 35.8 Å². The number of hydrogen-bond donors (Lipinski definition) is 2. The van der Waals surface area contributed by atoms with E-state index in [2.05, 4.69) is 10.6 Å². The SMILES string of the molecule is C[C@H](CNC(=O)[C@@H]1CCCN(S(=O)(=O)c2ccc3c(c2)NC(=O)CO3)C1)c1ccccc1. The Hall–Kier alpha value is -2.91. The van der Waals surface area contributed by atoms with Gasteiger partial charge in [0, 0.05) is 19.6 Å². The Morgan fingerprint density at radius 2 is 2.03 bits per heavy atom. The molecule has 2 aliphatic heterocycles. The van der Waals surface area contributed by atoms with Crippen molar-refractivity contribution in [1.29, 1.82) is 0 Å². The number of benzene rings is 2. The summed E-state index contributed by atoms with van der Waals surface area (Å²) in [4.78, 5) is 24.4. The lowest BCUT2D eigenvalue weighted by molar-refractivity contribution is -0.126. The minimum atomic E-state index is -3.81. The van der Waals surface area contributed by atoms with E-state index in [1.54, 1.807) is 6.07 Å².